The van der Waals surface area contributed by atoms with Crippen LogP contribution < -0.4 is 15.6 Å². The van der Waals surface area contributed by atoms with E-state index in [2.05, 4.69) is 20.7 Å². The molecule has 9 heteroatoms. The van der Waals surface area contributed by atoms with Crippen LogP contribution in [0.4, 0.5) is 17.1 Å². The molecule has 8 nitrogen and oxygen atoms in total. The van der Waals surface area contributed by atoms with Gasteiger partial charge < -0.3 is 15.0 Å². The van der Waals surface area contributed by atoms with Crippen molar-refractivity contribution in [1.82, 2.24) is 5.43 Å². The summed E-state index contributed by atoms with van der Waals surface area (Å²) in [6.07, 6.45) is 1.54. The Labute approximate surface area is 162 Å². The van der Waals surface area contributed by atoms with Crippen molar-refractivity contribution in [3.8, 4) is 0 Å². The molecule has 27 heavy (non-hydrogen) atoms. The second-order valence-electron chi connectivity index (χ2n) is 5.79. The molecule has 0 bridgehead atoms. The van der Waals surface area contributed by atoms with Crippen molar-refractivity contribution in [2.75, 3.05) is 36.5 Å². The number of hydrogen-bond acceptors (Lipinski definition) is 6. The van der Waals surface area contributed by atoms with E-state index in [-0.39, 0.29) is 5.69 Å². The molecule has 1 saturated heterocycles. The first kappa shape index (κ1) is 18.7. The lowest BCUT2D eigenvalue weighted by Gasteiger charge is -2.29. The fourth-order valence-electron chi connectivity index (χ4n) is 2.69. The molecule has 0 atom stereocenters. The van der Waals surface area contributed by atoms with Gasteiger partial charge in [0, 0.05) is 42.2 Å². The molecule has 1 aliphatic rings. The third-order valence-corrected chi connectivity index (χ3v) is 4.17. The van der Waals surface area contributed by atoms with Crippen LogP contribution >= 0.6 is 12.2 Å². The van der Waals surface area contributed by atoms with Crippen molar-refractivity contribution in [3.63, 3.8) is 0 Å². The topological polar surface area (TPSA) is 92.0 Å². The van der Waals surface area contributed by atoms with Gasteiger partial charge in [0.2, 0.25) is 0 Å². The molecule has 2 N–H and O–H groups in total. The summed E-state index contributed by atoms with van der Waals surface area (Å²) < 4.78 is 5.37. The van der Waals surface area contributed by atoms with Crippen molar-refractivity contribution in [2.45, 2.75) is 0 Å². The normalized spacial score (nSPS) is 14.1. The number of anilines is 2. The van der Waals surface area contributed by atoms with Gasteiger partial charge in [-0.15, -0.1) is 0 Å². The summed E-state index contributed by atoms with van der Waals surface area (Å²) in [4.78, 5) is 12.8. The maximum atomic E-state index is 11.1. The molecule has 3 rings (SSSR count). The third kappa shape index (κ3) is 5.22. The van der Waals surface area contributed by atoms with E-state index in [9.17, 15) is 10.1 Å². The highest BCUT2D eigenvalue weighted by Crippen LogP contribution is 2.25. The van der Waals surface area contributed by atoms with Gasteiger partial charge in [-0.3, -0.25) is 15.5 Å². The first-order valence-electron chi connectivity index (χ1n) is 8.40. The molecule has 140 valence electrons. The summed E-state index contributed by atoms with van der Waals surface area (Å²) in [5, 5.41) is 18.6. The number of morpholine rings is 1. The Balaban J connectivity index is 1.73. The Morgan fingerprint density at radius 2 is 1.96 bits per heavy atom. The molecule has 1 fully saturated rings. The molecule has 2 aromatic rings. The maximum Gasteiger partial charge on any atom is 0.270 e. The minimum Gasteiger partial charge on any atom is -0.378 e. The molecular weight excluding hydrogens is 366 g/mol. The number of nitro benzene ring substituents is 1. The van der Waals surface area contributed by atoms with Crippen LogP contribution in [0, 0.1) is 10.1 Å². The highest BCUT2D eigenvalue weighted by molar-refractivity contribution is 7.80. The van der Waals surface area contributed by atoms with E-state index in [0.29, 0.717) is 23.9 Å². The number of benzene rings is 2. The van der Waals surface area contributed by atoms with E-state index in [0.717, 1.165) is 24.5 Å². The van der Waals surface area contributed by atoms with E-state index < -0.39 is 4.92 Å². The van der Waals surface area contributed by atoms with Crippen molar-refractivity contribution >= 4 is 40.6 Å². The van der Waals surface area contributed by atoms with Crippen molar-refractivity contribution in [2.24, 2.45) is 5.10 Å². The molecule has 0 aliphatic carbocycles. The number of thiocarbonyl (C=S) groups is 1. The number of non-ortho nitro benzene ring substituents is 1. The van der Waals surface area contributed by atoms with Gasteiger partial charge in [0.1, 0.15) is 0 Å². The summed E-state index contributed by atoms with van der Waals surface area (Å²) in [6, 6.07) is 14.2. The summed E-state index contributed by atoms with van der Waals surface area (Å²) in [7, 11) is 0. The minimum atomic E-state index is -0.421. The maximum absolute atomic E-state index is 11.1. The standard InChI is InChI=1S/C18H19N5O3S/c24-23(25)16-6-7-17(22-8-10-26-11-9-22)14(12-16)13-19-21-18(27)20-15-4-2-1-3-5-15/h1-7,12-13H,8-11H2,(H2,20,21,27)/b19-13+. The highest BCUT2D eigenvalue weighted by Gasteiger charge is 2.17. The Bertz CT molecular complexity index is 838. The van der Waals surface area contributed by atoms with Crippen LogP contribution in [-0.4, -0.2) is 42.6 Å². The molecular formula is C18H19N5O3S. The lowest BCUT2D eigenvalue weighted by atomic mass is 10.1. The molecule has 0 radical (unpaired) electrons. The molecule has 0 amide bonds. The van der Waals surface area contributed by atoms with Crippen LogP contribution in [0.3, 0.4) is 0 Å². The fraction of sp³-hybridized carbons (Fsp3) is 0.222. The second kappa shape index (κ2) is 9.06. The van der Waals surface area contributed by atoms with Crippen LogP contribution in [0.2, 0.25) is 0 Å². The molecule has 0 spiro atoms. The predicted octanol–water partition coefficient (Wildman–Crippen LogP) is 2.75. The van der Waals surface area contributed by atoms with Gasteiger partial charge in [0.25, 0.3) is 5.69 Å². The Morgan fingerprint density at radius 1 is 1.22 bits per heavy atom. The smallest absolute Gasteiger partial charge is 0.270 e. The minimum absolute atomic E-state index is 0.0125. The average Bonchev–Trinajstić information content (AvgIpc) is 2.69. The van der Waals surface area contributed by atoms with Gasteiger partial charge in [0.05, 0.1) is 24.4 Å². The zero-order valence-electron chi connectivity index (χ0n) is 14.5. The Morgan fingerprint density at radius 3 is 2.67 bits per heavy atom. The third-order valence-electron chi connectivity index (χ3n) is 3.98. The number of ether oxygens (including phenoxy) is 1. The van der Waals surface area contributed by atoms with Gasteiger partial charge in [-0.25, -0.2) is 0 Å². The van der Waals surface area contributed by atoms with Crippen molar-refractivity contribution < 1.29 is 9.66 Å². The first-order valence-corrected chi connectivity index (χ1v) is 8.80. The lowest BCUT2D eigenvalue weighted by Crippen LogP contribution is -2.36. The number of nitro groups is 1. The monoisotopic (exact) mass is 385 g/mol. The van der Waals surface area contributed by atoms with Crippen LogP contribution in [0.1, 0.15) is 5.56 Å². The number of nitrogens with zero attached hydrogens (tertiary/aromatic N) is 3. The molecule has 2 aromatic carbocycles. The van der Waals surface area contributed by atoms with Gasteiger partial charge >= 0.3 is 0 Å². The molecule has 0 aromatic heterocycles. The fourth-order valence-corrected chi connectivity index (χ4v) is 2.86. The Kier molecular flexibility index (Phi) is 6.29. The predicted molar refractivity (Wildman–Crippen MR) is 110 cm³/mol. The Hall–Kier alpha value is -3.04. The zero-order chi connectivity index (χ0) is 19.1. The molecule has 0 unspecified atom stereocenters. The largest absolute Gasteiger partial charge is 0.378 e. The molecule has 1 heterocycles. The van der Waals surface area contributed by atoms with Crippen molar-refractivity contribution in [3.05, 3.63) is 64.2 Å². The van der Waals surface area contributed by atoms with Crippen LogP contribution in [0.25, 0.3) is 0 Å². The first-order chi connectivity index (χ1) is 13.1. The van der Waals surface area contributed by atoms with E-state index >= 15 is 0 Å². The van der Waals surface area contributed by atoms with E-state index in [1.165, 1.54) is 18.3 Å². The van der Waals surface area contributed by atoms with Crippen LogP contribution in [0.15, 0.2) is 53.6 Å². The van der Waals surface area contributed by atoms with Gasteiger partial charge in [-0.1, -0.05) is 18.2 Å². The van der Waals surface area contributed by atoms with Crippen molar-refractivity contribution in [1.29, 1.82) is 0 Å². The van der Waals surface area contributed by atoms with E-state index in [1.54, 1.807) is 6.07 Å². The number of para-hydroxylation sites is 1. The second-order valence-corrected chi connectivity index (χ2v) is 6.20. The van der Waals surface area contributed by atoms with E-state index in [4.69, 9.17) is 17.0 Å². The summed E-state index contributed by atoms with van der Waals surface area (Å²) in [6.45, 7) is 2.69. The quantitative estimate of drug-likeness (QED) is 0.354. The zero-order valence-corrected chi connectivity index (χ0v) is 15.3. The number of rotatable bonds is 5. The summed E-state index contributed by atoms with van der Waals surface area (Å²) in [5.41, 5.74) is 5.10. The number of nitrogens with one attached hydrogen (secondary N) is 2. The van der Waals surface area contributed by atoms with Gasteiger partial charge in [-0.05, 0) is 30.4 Å². The molecule has 1 aliphatic heterocycles. The summed E-state index contributed by atoms with van der Waals surface area (Å²) >= 11 is 5.21. The van der Waals surface area contributed by atoms with Gasteiger partial charge in [-0.2, -0.15) is 5.10 Å². The number of hydrogen-bond donors (Lipinski definition) is 2. The van der Waals surface area contributed by atoms with E-state index in [1.807, 2.05) is 30.3 Å². The average molecular weight is 385 g/mol. The molecule has 0 saturated carbocycles. The summed E-state index contributed by atoms with van der Waals surface area (Å²) in [5.74, 6) is 0. The van der Waals surface area contributed by atoms with Gasteiger partial charge in [0.15, 0.2) is 5.11 Å². The van der Waals surface area contributed by atoms with Crippen LogP contribution in [-0.2, 0) is 4.74 Å². The van der Waals surface area contributed by atoms with Crippen LogP contribution in [0.5, 0.6) is 0 Å². The SMILES string of the molecule is O=[N+]([O-])c1ccc(N2CCOCC2)c(/C=N/NC(=S)Nc2ccccc2)c1. The number of hydrazone groups is 1. The highest BCUT2D eigenvalue weighted by atomic mass is 32.1. The lowest BCUT2D eigenvalue weighted by molar-refractivity contribution is -0.384.